The second-order valence-electron chi connectivity index (χ2n) is 7.49. The van der Waals surface area contributed by atoms with Gasteiger partial charge in [0.15, 0.2) is 17.6 Å². The average molecular weight is 370 g/mol. The fourth-order valence-corrected chi connectivity index (χ4v) is 6.37. The van der Waals surface area contributed by atoms with Gasteiger partial charge in [-0.25, -0.2) is 0 Å². The number of hydrogen-bond acceptors (Lipinski definition) is 4. The Morgan fingerprint density at radius 1 is 1.42 bits per heavy atom. The monoisotopic (exact) mass is 369 g/mol. The van der Waals surface area contributed by atoms with Crippen molar-refractivity contribution in [1.82, 2.24) is 4.90 Å². The predicted molar refractivity (Wildman–Crippen MR) is 92.8 cm³/mol. The quantitative estimate of drug-likeness (QED) is 0.712. The number of halogens is 2. The Morgan fingerprint density at radius 3 is 2.96 bits per heavy atom. The molecule has 0 radical (unpaired) electrons. The van der Waals surface area contributed by atoms with Crippen LogP contribution in [0.1, 0.15) is 12.8 Å². The highest BCUT2D eigenvalue weighted by atomic mass is 35.5. The van der Waals surface area contributed by atoms with Crippen molar-refractivity contribution in [2.45, 2.75) is 25.0 Å². The van der Waals surface area contributed by atoms with Gasteiger partial charge in [-0.15, -0.1) is 12.4 Å². The SMILES string of the molecule is COC1=C2O[C@H]3C(=O)C=C(Cl)[C@H]4[C@H]5CC(C=C1)C2[C@@]34CCN5C.Cl. The van der Waals surface area contributed by atoms with Gasteiger partial charge in [0.25, 0.3) is 0 Å². The van der Waals surface area contributed by atoms with Gasteiger partial charge in [-0.3, -0.25) is 4.79 Å². The van der Waals surface area contributed by atoms with E-state index in [0.29, 0.717) is 12.0 Å². The van der Waals surface area contributed by atoms with E-state index in [-0.39, 0.29) is 35.4 Å². The number of carbonyl (C=O) groups excluding carboxylic acids is 1. The summed E-state index contributed by atoms with van der Waals surface area (Å²) in [7, 11) is 3.84. The number of allylic oxidation sites excluding steroid dienone is 3. The highest BCUT2D eigenvalue weighted by Gasteiger charge is 2.71. The lowest BCUT2D eigenvalue weighted by atomic mass is 9.48. The van der Waals surface area contributed by atoms with E-state index in [2.05, 4.69) is 18.0 Å². The molecule has 3 aliphatic carbocycles. The molecule has 1 saturated carbocycles. The van der Waals surface area contributed by atoms with Gasteiger partial charge in [0.1, 0.15) is 5.76 Å². The maximum atomic E-state index is 12.7. The number of nitrogens with zero attached hydrogens (tertiary/aromatic N) is 1. The third-order valence-electron chi connectivity index (χ3n) is 6.76. The van der Waals surface area contributed by atoms with E-state index in [1.807, 2.05) is 6.08 Å². The molecule has 1 spiro atoms. The molecule has 2 aliphatic heterocycles. The zero-order valence-electron chi connectivity index (χ0n) is 13.7. The van der Waals surface area contributed by atoms with E-state index in [1.165, 1.54) is 0 Å². The van der Waals surface area contributed by atoms with Crippen LogP contribution in [0.25, 0.3) is 0 Å². The van der Waals surface area contributed by atoms with Gasteiger partial charge in [0, 0.05) is 28.3 Å². The van der Waals surface area contributed by atoms with Crippen molar-refractivity contribution in [2.24, 2.45) is 23.2 Å². The predicted octanol–water partition coefficient (Wildman–Crippen LogP) is 2.88. The molecule has 2 unspecified atom stereocenters. The van der Waals surface area contributed by atoms with Gasteiger partial charge in [0.05, 0.1) is 7.11 Å². The van der Waals surface area contributed by atoms with Crippen LogP contribution in [0, 0.1) is 23.2 Å². The molecule has 24 heavy (non-hydrogen) atoms. The van der Waals surface area contributed by atoms with Crippen LogP contribution in [0.2, 0.25) is 0 Å². The van der Waals surface area contributed by atoms with Gasteiger partial charge in [-0.05, 0) is 44.5 Å². The number of hydrogen-bond donors (Lipinski definition) is 0. The van der Waals surface area contributed by atoms with E-state index >= 15 is 0 Å². The van der Waals surface area contributed by atoms with Crippen molar-refractivity contribution in [1.29, 1.82) is 0 Å². The molecule has 5 rings (SSSR count). The van der Waals surface area contributed by atoms with Crippen molar-refractivity contribution in [3.8, 4) is 0 Å². The molecule has 2 saturated heterocycles. The van der Waals surface area contributed by atoms with Crippen molar-refractivity contribution in [3.63, 3.8) is 0 Å². The van der Waals surface area contributed by atoms with Crippen LogP contribution in [0.5, 0.6) is 0 Å². The first-order chi connectivity index (χ1) is 11.1. The molecule has 6 heteroatoms. The molecule has 0 aromatic heterocycles. The molecule has 0 N–H and O–H groups in total. The van der Waals surface area contributed by atoms with Crippen LogP contribution >= 0.6 is 24.0 Å². The van der Waals surface area contributed by atoms with E-state index in [4.69, 9.17) is 21.1 Å². The number of ether oxygens (including phenoxy) is 2. The summed E-state index contributed by atoms with van der Waals surface area (Å²) in [4.78, 5) is 15.1. The molecule has 130 valence electrons. The summed E-state index contributed by atoms with van der Waals surface area (Å²) in [5, 5.41) is 0.722. The Kier molecular flexibility index (Phi) is 3.62. The Labute approximate surface area is 152 Å². The fraction of sp³-hybridized carbons (Fsp3) is 0.611. The third kappa shape index (κ3) is 1.72. The maximum Gasteiger partial charge on any atom is 0.197 e. The van der Waals surface area contributed by atoms with E-state index in [0.717, 1.165) is 35.9 Å². The number of methoxy groups -OCH3 is 1. The molecule has 2 bridgehead atoms. The summed E-state index contributed by atoms with van der Waals surface area (Å²) in [5.41, 5.74) is -0.202. The minimum absolute atomic E-state index is 0. The zero-order valence-corrected chi connectivity index (χ0v) is 15.3. The second kappa shape index (κ2) is 5.26. The highest BCUT2D eigenvalue weighted by Crippen LogP contribution is 2.68. The van der Waals surface area contributed by atoms with Gasteiger partial charge < -0.3 is 14.4 Å². The Bertz CT molecular complexity index is 700. The molecular weight excluding hydrogens is 349 g/mol. The summed E-state index contributed by atoms with van der Waals surface area (Å²) in [6.07, 6.45) is 7.47. The highest BCUT2D eigenvalue weighted by molar-refractivity contribution is 6.32. The first-order valence-corrected chi connectivity index (χ1v) is 8.70. The normalized spacial score (nSPS) is 45.2. The van der Waals surface area contributed by atoms with E-state index in [9.17, 15) is 4.79 Å². The van der Waals surface area contributed by atoms with Gasteiger partial charge in [0.2, 0.25) is 0 Å². The average Bonchev–Trinajstić information content (AvgIpc) is 2.88. The molecule has 5 aliphatic rings. The fourth-order valence-electron chi connectivity index (χ4n) is 5.92. The molecular formula is C18H21Cl2NO3. The number of carbonyl (C=O) groups is 1. The topological polar surface area (TPSA) is 38.8 Å². The van der Waals surface area contributed by atoms with E-state index in [1.54, 1.807) is 13.2 Å². The smallest absolute Gasteiger partial charge is 0.197 e. The molecule has 0 aromatic carbocycles. The largest absolute Gasteiger partial charge is 0.493 e. The van der Waals surface area contributed by atoms with Crippen LogP contribution < -0.4 is 0 Å². The lowest BCUT2D eigenvalue weighted by molar-refractivity contribution is -0.141. The number of rotatable bonds is 1. The number of ketones is 1. The summed E-state index contributed by atoms with van der Waals surface area (Å²) >= 11 is 6.63. The van der Waals surface area contributed by atoms with Gasteiger partial charge in [-0.2, -0.15) is 0 Å². The summed E-state index contributed by atoms with van der Waals surface area (Å²) in [5.74, 6) is 2.48. The lowest BCUT2D eigenvalue weighted by Crippen LogP contribution is -2.65. The number of likely N-dealkylation sites (tertiary alicyclic amines) is 1. The molecule has 0 amide bonds. The van der Waals surface area contributed by atoms with Crippen LogP contribution in [0.3, 0.4) is 0 Å². The van der Waals surface area contributed by atoms with Gasteiger partial charge in [-0.1, -0.05) is 17.7 Å². The minimum atomic E-state index is -0.404. The summed E-state index contributed by atoms with van der Waals surface area (Å²) in [6.45, 7) is 0.987. The molecule has 2 heterocycles. The van der Waals surface area contributed by atoms with Crippen molar-refractivity contribution < 1.29 is 14.3 Å². The Morgan fingerprint density at radius 2 is 2.21 bits per heavy atom. The molecule has 0 aromatic rings. The number of piperidine rings is 1. The third-order valence-corrected chi connectivity index (χ3v) is 7.10. The van der Waals surface area contributed by atoms with Crippen LogP contribution in [0.15, 0.2) is 34.8 Å². The summed E-state index contributed by atoms with van der Waals surface area (Å²) < 4.78 is 11.8. The van der Waals surface area contributed by atoms with Crippen molar-refractivity contribution in [2.75, 3.05) is 20.7 Å². The molecule has 3 fully saturated rings. The van der Waals surface area contributed by atoms with Crippen molar-refractivity contribution >= 4 is 29.8 Å². The second-order valence-corrected chi connectivity index (χ2v) is 7.92. The first kappa shape index (κ1) is 16.5. The maximum absolute atomic E-state index is 12.7. The van der Waals surface area contributed by atoms with Crippen LogP contribution in [0.4, 0.5) is 0 Å². The Hall–Kier alpha value is -0.970. The standard InChI is InChI=1S/C18H20ClNO3.ClH/c1-20-6-5-18-14-9-3-4-13(22-2)16(14)23-17(18)12(21)8-10(19)15(18)11(20)7-9;/h3-4,8-9,11,14-15,17H,5-7H2,1-2H3;1H/t9?,11-,14?,15+,17+,18-;/m1./s1. The molecule has 6 atom stereocenters. The minimum Gasteiger partial charge on any atom is -0.493 e. The van der Waals surface area contributed by atoms with Crippen LogP contribution in [-0.2, 0) is 14.3 Å². The molecule has 4 nitrogen and oxygen atoms in total. The first-order valence-electron chi connectivity index (χ1n) is 8.32. The lowest BCUT2D eigenvalue weighted by Gasteiger charge is -2.59. The van der Waals surface area contributed by atoms with Gasteiger partial charge >= 0.3 is 0 Å². The Balaban J connectivity index is 0.00000146. The van der Waals surface area contributed by atoms with Crippen molar-refractivity contribution in [3.05, 3.63) is 34.8 Å². The van der Waals surface area contributed by atoms with Crippen LogP contribution in [-0.4, -0.2) is 43.5 Å². The van der Waals surface area contributed by atoms with E-state index < -0.39 is 6.10 Å². The summed E-state index contributed by atoms with van der Waals surface area (Å²) in [6, 6.07) is 0.376. The zero-order chi connectivity index (χ0) is 15.9.